The van der Waals surface area contributed by atoms with E-state index in [4.69, 9.17) is 0 Å². The molecule has 0 aliphatic rings. The Balaban J connectivity index is 0.800. The predicted molar refractivity (Wildman–Crippen MR) is 390 cm³/mol. The van der Waals surface area contributed by atoms with E-state index in [-0.39, 0.29) is 14.5 Å². The number of nitrogens with zero attached hydrogens (tertiary/aromatic N) is 2. The molecule has 19 rings (SSSR count). The zero-order chi connectivity index (χ0) is 59.7. The van der Waals surface area contributed by atoms with Gasteiger partial charge in [0.1, 0.15) is 0 Å². The van der Waals surface area contributed by atoms with Gasteiger partial charge >= 0.3 is 403 Å². The van der Waals surface area contributed by atoms with Gasteiger partial charge in [0.25, 0.3) is 0 Å². The molecule has 0 unspecified atom stereocenters. The Morgan fingerprint density at radius 1 is 0.187 bits per heavy atom. The van der Waals surface area contributed by atoms with Crippen LogP contribution in [0.25, 0.3) is 184 Å². The molecule has 0 saturated carbocycles. The van der Waals surface area contributed by atoms with Crippen molar-refractivity contribution in [2.45, 2.75) is 0 Å². The van der Waals surface area contributed by atoms with Gasteiger partial charge in [-0.1, -0.05) is 121 Å². The molecular formula is C88H54N2Se. The average Bonchev–Trinajstić information content (AvgIpc) is 1.66. The summed E-state index contributed by atoms with van der Waals surface area (Å²) in [5, 5.41) is 17.5. The van der Waals surface area contributed by atoms with E-state index >= 15 is 0 Å². The molecular weight excluding hydrogens is 1160 g/mol. The molecule has 0 aliphatic heterocycles. The Morgan fingerprint density at radius 3 is 0.857 bits per heavy atom. The van der Waals surface area contributed by atoms with Crippen molar-refractivity contribution in [3.63, 3.8) is 0 Å². The van der Waals surface area contributed by atoms with E-state index in [0.29, 0.717) is 0 Å². The number of rotatable bonds is 8. The van der Waals surface area contributed by atoms with Gasteiger partial charge in [0.15, 0.2) is 0 Å². The molecule has 0 saturated heterocycles. The van der Waals surface area contributed by atoms with Crippen molar-refractivity contribution in [3.8, 4) is 78.1 Å². The molecule has 16 aromatic carbocycles. The predicted octanol–water partition coefficient (Wildman–Crippen LogP) is 23.9. The van der Waals surface area contributed by atoms with Crippen LogP contribution < -0.4 is 0 Å². The topological polar surface area (TPSA) is 9.86 Å². The molecule has 2 nitrogen and oxygen atoms in total. The van der Waals surface area contributed by atoms with Gasteiger partial charge in [-0.25, -0.2) is 0 Å². The van der Waals surface area contributed by atoms with Gasteiger partial charge < -0.3 is 0 Å². The minimum absolute atomic E-state index is 0.00360. The Morgan fingerprint density at radius 2 is 0.495 bits per heavy atom. The number of fused-ring (bicyclic) bond motifs is 13. The molecule has 19 aromatic rings. The van der Waals surface area contributed by atoms with Crippen LogP contribution in [0.4, 0.5) is 0 Å². The van der Waals surface area contributed by atoms with Gasteiger partial charge in [-0.15, -0.1) is 0 Å². The molecule has 422 valence electrons. The Bertz CT molecular complexity index is 5860. The summed E-state index contributed by atoms with van der Waals surface area (Å²) < 4.78 is 7.96. The van der Waals surface area contributed by atoms with E-state index in [2.05, 4.69) is 337 Å². The van der Waals surface area contributed by atoms with E-state index in [9.17, 15) is 0 Å². The van der Waals surface area contributed by atoms with Crippen LogP contribution in [0.3, 0.4) is 0 Å². The number of aromatic nitrogens is 2. The molecule has 0 radical (unpaired) electrons. The average molecular weight is 1220 g/mol. The van der Waals surface area contributed by atoms with E-state index in [1.807, 2.05) is 0 Å². The summed E-state index contributed by atoms with van der Waals surface area (Å²) in [5.74, 6) is 0. The fourth-order valence-electron chi connectivity index (χ4n) is 15.2. The van der Waals surface area contributed by atoms with Crippen molar-refractivity contribution in [2.75, 3.05) is 0 Å². The van der Waals surface area contributed by atoms with Crippen molar-refractivity contribution in [2.24, 2.45) is 0 Å². The fraction of sp³-hybridized carbons (Fsp3) is 0. The standard InChI is InChI=1S/C88H54N2Se/c1-5-22-55(23-6-1)59-41-46-79-75(50-59)76-51-60(56-24-7-2-8-25-56)42-47-80(76)89(79)86-69-34-17-13-30-65(69)84(66-31-14-18-35-70(66)86)63-40-45-64-73-38-21-39-74(88(73)91-83(64)54-63)85-67-32-15-19-36-71(67)87(72-37-20-16-33-68(72)85)90-81-48-43-61(57-26-9-3-10-27-57)52-77(81)78-53-62(44-49-82(78)90)58-28-11-4-12-29-58/h1-54H. The molecule has 0 fully saturated rings. The first-order valence-electron chi connectivity index (χ1n) is 31.4. The molecule has 91 heavy (non-hydrogen) atoms. The Labute approximate surface area is 531 Å². The first-order valence-corrected chi connectivity index (χ1v) is 33.1. The smallest absolute Gasteiger partial charge is 0.0544 e. The van der Waals surface area contributed by atoms with Crippen molar-refractivity contribution >= 4 is 120 Å². The van der Waals surface area contributed by atoms with Gasteiger partial charge in [0, 0.05) is 0 Å². The van der Waals surface area contributed by atoms with E-state index < -0.39 is 0 Å². The summed E-state index contributed by atoms with van der Waals surface area (Å²) in [7, 11) is 0. The zero-order valence-corrected chi connectivity index (χ0v) is 51.2. The van der Waals surface area contributed by atoms with E-state index in [1.165, 1.54) is 184 Å². The SMILES string of the molecule is c1ccc(-c2ccc3c(c2)c2cc(-c4ccccc4)ccc2n3-c2c3ccccc3c(-c3ccc4c(c3)[se]c3c(-c5c6ccccc6c(-n6c7ccc(-c8ccccc8)cc7c7cc(-c8ccccc8)ccc76)c6ccccc56)cccc34)c3ccccc23)cc1. The maximum Gasteiger partial charge on any atom is -0.0544 e. The van der Waals surface area contributed by atoms with Crippen LogP contribution in [0.2, 0.25) is 0 Å². The third-order valence-electron chi connectivity index (χ3n) is 19.3. The first-order chi connectivity index (χ1) is 45.2. The van der Waals surface area contributed by atoms with Crippen LogP contribution in [0.5, 0.6) is 0 Å². The summed E-state index contributed by atoms with van der Waals surface area (Å²) in [6.45, 7) is 0. The van der Waals surface area contributed by atoms with Crippen molar-refractivity contribution in [3.05, 3.63) is 328 Å². The molecule has 0 bridgehead atoms. The van der Waals surface area contributed by atoms with Crippen LogP contribution in [0.15, 0.2) is 328 Å². The van der Waals surface area contributed by atoms with Crippen molar-refractivity contribution < 1.29 is 0 Å². The Kier molecular flexibility index (Phi) is 11.7. The second-order valence-corrected chi connectivity index (χ2v) is 26.4. The van der Waals surface area contributed by atoms with Crippen molar-refractivity contribution in [1.82, 2.24) is 9.13 Å². The maximum atomic E-state index is 2.56. The monoisotopic (exact) mass is 1220 g/mol. The van der Waals surface area contributed by atoms with E-state index in [1.54, 1.807) is 0 Å². The largest absolute Gasteiger partial charge is 0.0617 e. The summed E-state index contributed by atoms with van der Waals surface area (Å²) >= 11 is 0.00360. The molecule has 0 amide bonds. The number of hydrogen-bond acceptors (Lipinski definition) is 0. The second kappa shape index (κ2) is 20.6. The maximum absolute atomic E-state index is 2.56. The van der Waals surface area contributed by atoms with E-state index in [0.717, 1.165) is 0 Å². The van der Waals surface area contributed by atoms with Gasteiger partial charge in [0.05, 0.1) is 0 Å². The zero-order valence-electron chi connectivity index (χ0n) is 49.5. The third kappa shape index (κ3) is 8.05. The normalized spacial score (nSPS) is 12.0. The molecule has 0 spiro atoms. The van der Waals surface area contributed by atoms with Gasteiger partial charge in [0.2, 0.25) is 0 Å². The molecule has 3 aromatic heterocycles. The van der Waals surface area contributed by atoms with Gasteiger partial charge in [-0.05, 0) is 11.1 Å². The molecule has 3 heterocycles. The van der Waals surface area contributed by atoms with Crippen LogP contribution in [0.1, 0.15) is 0 Å². The molecule has 3 heteroatoms. The quantitative estimate of drug-likeness (QED) is 0.106. The summed E-state index contributed by atoms with van der Waals surface area (Å²) in [6.07, 6.45) is 0. The van der Waals surface area contributed by atoms with Gasteiger partial charge in [-0.3, -0.25) is 0 Å². The minimum atomic E-state index is 0.00360. The fourth-order valence-corrected chi connectivity index (χ4v) is 17.9. The van der Waals surface area contributed by atoms with Gasteiger partial charge in [-0.2, -0.15) is 0 Å². The Hall–Kier alpha value is -11.3. The first kappa shape index (κ1) is 51.7. The van der Waals surface area contributed by atoms with Crippen molar-refractivity contribution in [1.29, 1.82) is 0 Å². The number of benzene rings is 16. The second-order valence-electron chi connectivity index (χ2n) is 24.2. The van der Waals surface area contributed by atoms with Crippen LogP contribution in [-0.2, 0) is 0 Å². The van der Waals surface area contributed by atoms with Crippen LogP contribution in [0, 0.1) is 0 Å². The molecule has 0 N–H and O–H groups in total. The summed E-state index contributed by atoms with van der Waals surface area (Å²) in [6, 6.07) is 122. The van der Waals surface area contributed by atoms with Crippen LogP contribution in [-0.4, -0.2) is 23.6 Å². The molecule has 0 atom stereocenters. The number of hydrogen-bond donors (Lipinski definition) is 0. The third-order valence-corrected chi connectivity index (χ3v) is 21.8. The minimum Gasteiger partial charge on any atom is -0.0617 e. The summed E-state index contributed by atoms with van der Waals surface area (Å²) in [5.41, 5.74) is 22.0. The summed E-state index contributed by atoms with van der Waals surface area (Å²) in [4.78, 5) is 0. The molecule has 0 aliphatic carbocycles. The van der Waals surface area contributed by atoms with Crippen LogP contribution >= 0.6 is 0 Å².